The molecule has 0 bridgehead atoms. The number of hydrogen-bond acceptors (Lipinski definition) is 6. The van der Waals surface area contributed by atoms with Crippen molar-refractivity contribution in [2.45, 2.75) is 49.1 Å². The quantitative estimate of drug-likeness (QED) is 0.595. The fourth-order valence-electron chi connectivity index (χ4n) is 3.52. The molecular formula is C23H28N2O6S. The van der Waals surface area contributed by atoms with E-state index in [0.29, 0.717) is 18.0 Å². The fourth-order valence-corrected chi connectivity index (χ4v) is 5.02. The van der Waals surface area contributed by atoms with E-state index in [-0.39, 0.29) is 28.4 Å². The zero-order valence-electron chi connectivity index (χ0n) is 18.0. The predicted octanol–water partition coefficient (Wildman–Crippen LogP) is 3.34. The number of hydrogen-bond donors (Lipinski definition) is 2. The van der Waals surface area contributed by atoms with Crippen molar-refractivity contribution in [1.82, 2.24) is 4.72 Å². The molecule has 32 heavy (non-hydrogen) atoms. The van der Waals surface area contributed by atoms with Crippen molar-refractivity contribution in [2.75, 3.05) is 25.6 Å². The van der Waals surface area contributed by atoms with E-state index in [2.05, 4.69) is 10.0 Å². The molecular weight excluding hydrogens is 432 g/mol. The van der Waals surface area contributed by atoms with Crippen LogP contribution in [0.15, 0.2) is 47.4 Å². The van der Waals surface area contributed by atoms with Gasteiger partial charge in [0.25, 0.3) is 5.91 Å². The van der Waals surface area contributed by atoms with E-state index in [9.17, 15) is 13.2 Å². The molecule has 2 N–H and O–H groups in total. The Morgan fingerprint density at radius 2 is 1.91 bits per heavy atom. The number of para-hydroxylation sites is 2. The monoisotopic (exact) mass is 460 g/mol. The van der Waals surface area contributed by atoms with Crippen LogP contribution in [0.1, 0.15) is 42.5 Å². The van der Waals surface area contributed by atoms with Crippen molar-refractivity contribution in [3.05, 3.63) is 48.0 Å². The van der Waals surface area contributed by atoms with Crippen LogP contribution >= 0.6 is 0 Å². The van der Waals surface area contributed by atoms with Crippen LogP contribution in [-0.4, -0.2) is 46.8 Å². The Kier molecular flexibility index (Phi) is 6.98. The Hall–Kier alpha value is -2.62. The van der Waals surface area contributed by atoms with Gasteiger partial charge in [0.2, 0.25) is 10.0 Å². The smallest absolute Gasteiger partial charge is 0.255 e. The second-order valence-corrected chi connectivity index (χ2v) is 9.69. The summed E-state index contributed by atoms with van der Waals surface area (Å²) in [6.45, 7) is 1.15. The summed E-state index contributed by atoms with van der Waals surface area (Å²) in [6, 6.07) is 11.4. The van der Waals surface area contributed by atoms with Crippen LogP contribution in [0.25, 0.3) is 0 Å². The van der Waals surface area contributed by atoms with Crippen LogP contribution in [0.2, 0.25) is 0 Å². The highest BCUT2D eigenvalue weighted by Crippen LogP contribution is 2.30. The molecule has 1 heterocycles. The van der Waals surface area contributed by atoms with Gasteiger partial charge in [-0.2, -0.15) is 0 Å². The highest BCUT2D eigenvalue weighted by atomic mass is 32.2. The zero-order chi connectivity index (χ0) is 22.6. The summed E-state index contributed by atoms with van der Waals surface area (Å²) in [5.74, 6) is 0.276. The molecule has 2 fully saturated rings. The summed E-state index contributed by atoms with van der Waals surface area (Å²) in [4.78, 5) is 12.9. The van der Waals surface area contributed by atoms with Crippen molar-refractivity contribution in [3.63, 3.8) is 0 Å². The maximum atomic E-state index is 12.9. The highest BCUT2D eigenvalue weighted by molar-refractivity contribution is 7.89. The lowest BCUT2D eigenvalue weighted by atomic mass is 10.1. The van der Waals surface area contributed by atoms with E-state index < -0.39 is 15.9 Å². The van der Waals surface area contributed by atoms with E-state index in [4.69, 9.17) is 14.2 Å². The van der Waals surface area contributed by atoms with Gasteiger partial charge in [-0.3, -0.25) is 4.79 Å². The standard InChI is InChI=1S/C23H28N2O6S/c1-29-21-12-9-16(14-22(21)32(27,28)25-17-10-11-17)23(26)24-19-7-2-3-8-20(19)31-15-18-6-4-5-13-30-18/h2-3,7-9,12,14,17-18,25H,4-6,10-11,13,15H2,1H3,(H,24,26). The van der Waals surface area contributed by atoms with Gasteiger partial charge < -0.3 is 19.5 Å². The Balaban J connectivity index is 1.50. The SMILES string of the molecule is COc1ccc(C(=O)Nc2ccccc2OCC2CCCCO2)cc1S(=O)(=O)NC1CC1. The number of carbonyl (C=O) groups is 1. The van der Waals surface area contributed by atoms with Crippen molar-refractivity contribution in [3.8, 4) is 11.5 Å². The van der Waals surface area contributed by atoms with E-state index in [1.807, 2.05) is 6.07 Å². The lowest BCUT2D eigenvalue weighted by molar-refractivity contribution is -0.0109. The maximum Gasteiger partial charge on any atom is 0.255 e. The number of ether oxygens (including phenoxy) is 3. The average Bonchev–Trinajstić information content (AvgIpc) is 3.62. The summed E-state index contributed by atoms with van der Waals surface area (Å²) < 4.78 is 44.9. The molecule has 1 unspecified atom stereocenters. The van der Waals surface area contributed by atoms with Crippen LogP contribution < -0.4 is 19.5 Å². The number of rotatable bonds is 9. The number of nitrogens with one attached hydrogen (secondary N) is 2. The van der Waals surface area contributed by atoms with Crippen LogP contribution in [0, 0.1) is 0 Å². The van der Waals surface area contributed by atoms with Gasteiger partial charge in [-0.05, 0) is 62.4 Å². The highest BCUT2D eigenvalue weighted by Gasteiger charge is 2.30. The Bertz CT molecular complexity index is 1060. The number of benzene rings is 2. The minimum Gasteiger partial charge on any atom is -0.495 e. The summed E-state index contributed by atoms with van der Waals surface area (Å²) in [7, 11) is -2.39. The minimum absolute atomic E-state index is 0.0424. The molecule has 9 heteroatoms. The van der Waals surface area contributed by atoms with Gasteiger partial charge in [-0.1, -0.05) is 12.1 Å². The first-order valence-electron chi connectivity index (χ1n) is 10.8. The molecule has 2 aromatic rings. The Morgan fingerprint density at radius 1 is 1.09 bits per heavy atom. The number of amides is 1. The third kappa shape index (κ3) is 5.59. The number of anilines is 1. The molecule has 2 aliphatic rings. The molecule has 1 aliphatic heterocycles. The third-order valence-corrected chi connectivity index (χ3v) is 6.99. The van der Waals surface area contributed by atoms with Crippen molar-refractivity contribution < 1.29 is 27.4 Å². The van der Waals surface area contributed by atoms with Crippen LogP contribution in [0.3, 0.4) is 0 Å². The summed E-state index contributed by atoms with van der Waals surface area (Å²) in [5, 5.41) is 2.82. The summed E-state index contributed by atoms with van der Waals surface area (Å²) >= 11 is 0. The van der Waals surface area contributed by atoms with Gasteiger partial charge in [0, 0.05) is 18.2 Å². The molecule has 0 radical (unpaired) electrons. The first-order valence-corrected chi connectivity index (χ1v) is 12.3. The largest absolute Gasteiger partial charge is 0.495 e. The van der Waals surface area contributed by atoms with Gasteiger partial charge in [-0.15, -0.1) is 0 Å². The second-order valence-electron chi connectivity index (χ2n) is 8.01. The first kappa shape index (κ1) is 22.6. The molecule has 0 spiro atoms. The fraction of sp³-hybridized carbons (Fsp3) is 0.435. The predicted molar refractivity (Wildman–Crippen MR) is 120 cm³/mol. The van der Waals surface area contributed by atoms with Crippen molar-refractivity contribution in [2.24, 2.45) is 0 Å². The summed E-state index contributed by atoms with van der Waals surface area (Å²) in [6.07, 6.45) is 4.80. The Labute approximate surface area is 188 Å². The van der Waals surface area contributed by atoms with Crippen LogP contribution in [0.4, 0.5) is 5.69 Å². The van der Waals surface area contributed by atoms with E-state index in [1.54, 1.807) is 18.2 Å². The van der Waals surface area contributed by atoms with Crippen LogP contribution in [-0.2, 0) is 14.8 Å². The molecule has 1 amide bonds. The van der Waals surface area contributed by atoms with Crippen LogP contribution in [0.5, 0.6) is 11.5 Å². The molecule has 2 aromatic carbocycles. The lowest BCUT2D eigenvalue weighted by Gasteiger charge is -2.23. The minimum atomic E-state index is -3.79. The maximum absolute atomic E-state index is 12.9. The zero-order valence-corrected chi connectivity index (χ0v) is 18.8. The number of sulfonamides is 1. The number of methoxy groups -OCH3 is 1. The van der Waals surface area contributed by atoms with Gasteiger partial charge in [0.05, 0.1) is 18.9 Å². The number of carbonyl (C=O) groups excluding carboxylic acids is 1. The second kappa shape index (κ2) is 9.89. The molecule has 0 aromatic heterocycles. The third-order valence-electron chi connectivity index (χ3n) is 5.45. The Morgan fingerprint density at radius 3 is 2.62 bits per heavy atom. The van der Waals surface area contributed by atoms with Gasteiger partial charge in [0.15, 0.2) is 0 Å². The van der Waals surface area contributed by atoms with Gasteiger partial charge in [-0.25, -0.2) is 13.1 Å². The van der Waals surface area contributed by atoms with E-state index in [1.165, 1.54) is 25.3 Å². The van der Waals surface area contributed by atoms with Crippen molar-refractivity contribution >= 4 is 21.6 Å². The molecule has 1 aliphatic carbocycles. The van der Waals surface area contributed by atoms with Crippen molar-refractivity contribution in [1.29, 1.82) is 0 Å². The summed E-state index contributed by atoms with van der Waals surface area (Å²) in [5.41, 5.74) is 0.706. The molecule has 1 atom stereocenters. The molecule has 8 nitrogen and oxygen atoms in total. The molecule has 1 saturated carbocycles. The molecule has 172 valence electrons. The topological polar surface area (TPSA) is 103 Å². The first-order chi connectivity index (χ1) is 15.5. The van der Waals surface area contributed by atoms with E-state index in [0.717, 1.165) is 38.7 Å². The normalized spacial score (nSPS) is 18.7. The average molecular weight is 461 g/mol. The van der Waals surface area contributed by atoms with Gasteiger partial charge in [0.1, 0.15) is 23.0 Å². The molecule has 1 saturated heterocycles. The molecule has 4 rings (SSSR count). The van der Waals surface area contributed by atoms with E-state index >= 15 is 0 Å². The van der Waals surface area contributed by atoms with Gasteiger partial charge >= 0.3 is 0 Å². The lowest BCUT2D eigenvalue weighted by Crippen LogP contribution is -2.26.